The van der Waals surface area contributed by atoms with Gasteiger partial charge in [0, 0.05) is 32.7 Å². The van der Waals surface area contributed by atoms with Crippen LogP contribution in [0.15, 0.2) is 27.7 Å². The van der Waals surface area contributed by atoms with Gasteiger partial charge in [0.2, 0.25) is 0 Å². The number of halogens is 1. The topological polar surface area (TPSA) is 28.1 Å². The van der Waals surface area contributed by atoms with Crippen LogP contribution in [0.4, 0.5) is 0 Å². The summed E-state index contributed by atoms with van der Waals surface area (Å²) in [5.41, 5.74) is 1.11. The van der Waals surface area contributed by atoms with Crippen LogP contribution < -0.4 is 4.74 Å². The van der Waals surface area contributed by atoms with Crippen LogP contribution in [0.25, 0.3) is 0 Å². The average molecular weight is 314 g/mol. The summed E-state index contributed by atoms with van der Waals surface area (Å²) in [6, 6.07) is 5.90. The molecule has 0 spiro atoms. The fourth-order valence-corrected chi connectivity index (χ4v) is 2.01. The Bertz CT molecular complexity index is 420. The van der Waals surface area contributed by atoms with Crippen molar-refractivity contribution in [2.45, 2.75) is 6.54 Å². The van der Waals surface area contributed by atoms with Gasteiger partial charge in [0.15, 0.2) is 5.96 Å². The van der Waals surface area contributed by atoms with Gasteiger partial charge in [0.25, 0.3) is 0 Å². The van der Waals surface area contributed by atoms with E-state index >= 15 is 0 Å². The normalized spacial score (nSPS) is 9.89. The molecule has 18 heavy (non-hydrogen) atoms. The second kappa shape index (κ2) is 6.64. The van der Waals surface area contributed by atoms with Gasteiger partial charge in [-0.15, -0.1) is 0 Å². The van der Waals surface area contributed by atoms with Crippen molar-refractivity contribution >= 4 is 21.9 Å². The van der Waals surface area contributed by atoms with E-state index in [9.17, 15) is 0 Å². The lowest BCUT2D eigenvalue weighted by Gasteiger charge is -2.22. The van der Waals surface area contributed by atoms with Gasteiger partial charge in [-0.25, -0.2) is 4.99 Å². The van der Waals surface area contributed by atoms with Crippen LogP contribution in [-0.4, -0.2) is 51.1 Å². The summed E-state index contributed by atoms with van der Waals surface area (Å²) < 4.78 is 6.27. The minimum Gasteiger partial charge on any atom is -0.497 e. The van der Waals surface area contributed by atoms with Crippen molar-refractivity contribution in [2.75, 3.05) is 35.3 Å². The standard InChI is InChI=1S/C13H20BrN3O/c1-16(2)13(17(3)4)15-9-10-8-11(18-5)6-7-12(10)14/h6-8H,9H2,1-5H3. The molecule has 1 aromatic carbocycles. The van der Waals surface area contributed by atoms with Crippen molar-refractivity contribution in [3.8, 4) is 5.75 Å². The number of nitrogens with zero attached hydrogens (tertiary/aromatic N) is 3. The average Bonchev–Trinajstić information content (AvgIpc) is 2.30. The van der Waals surface area contributed by atoms with Crippen LogP contribution in [0.2, 0.25) is 0 Å². The second-order valence-corrected chi connectivity index (χ2v) is 5.22. The zero-order chi connectivity index (χ0) is 13.7. The van der Waals surface area contributed by atoms with Crippen LogP contribution in [0.5, 0.6) is 5.75 Å². The van der Waals surface area contributed by atoms with Gasteiger partial charge in [-0.2, -0.15) is 0 Å². The van der Waals surface area contributed by atoms with Gasteiger partial charge < -0.3 is 14.5 Å². The van der Waals surface area contributed by atoms with Gasteiger partial charge in [0.05, 0.1) is 13.7 Å². The maximum Gasteiger partial charge on any atom is 0.195 e. The highest BCUT2D eigenvalue weighted by Crippen LogP contribution is 2.23. The number of hydrogen-bond donors (Lipinski definition) is 0. The van der Waals surface area contributed by atoms with Crippen LogP contribution >= 0.6 is 15.9 Å². The number of methoxy groups -OCH3 is 1. The van der Waals surface area contributed by atoms with Gasteiger partial charge in [-0.1, -0.05) is 15.9 Å². The third-order valence-corrected chi connectivity index (χ3v) is 3.22. The van der Waals surface area contributed by atoms with Crippen LogP contribution in [0, 0.1) is 0 Å². The first-order chi connectivity index (χ1) is 8.45. The molecule has 0 atom stereocenters. The molecule has 0 aromatic heterocycles. The van der Waals surface area contributed by atoms with Crippen LogP contribution in [0.1, 0.15) is 5.56 Å². The Morgan fingerprint density at radius 2 is 1.83 bits per heavy atom. The van der Waals surface area contributed by atoms with Crippen molar-refractivity contribution < 1.29 is 4.74 Å². The highest BCUT2D eigenvalue weighted by molar-refractivity contribution is 9.10. The Labute approximate surface area is 117 Å². The minimum absolute atomic E-state index is 0.615. The molecule has 0 radical (unpaired) electrons. The molecule has 0 bridgehead atoms. The molecular formula is C13H20BrN3O. The lowest BCUT2D eigenvalue weighted by Crippen LogP contribution is -2.35. The number of benzene rings is 1. The second-order valence-electron chi connectivity index (χ2n) is 4.36. The van der Waals surface area contributed by atoms with E-state index in [4.69, 9.17) is 4.74 Å². The molecule has 100 valence electrons. The Balaban J connectivity index is 2.93. The summed E-state index contributed by atoms with van der Waals surface area (Å²) in [6.45, 7) is 0.615. The maximum absolute atomic E-state index is 5.22. The van der Waals surface area contributed by atoms with Crippen molar-refractivity contribution in [2.24, 2.45) is 4.99 Å². The van der Waals surface area contributed by atoms with Gasteiger partial charge in [-0.3, -0.25) is 0 Å². The quantitative estimate of drug-likeness (QED) is 0.634. The Hall–Kier alpha value is -1.23. The fourth-order valence-electron chi connectivity index (χ4n) is 1.64. The monoisotopic (exact) mass is 313 g/mol. The number of ether oxygens (including phenoxy) is 1. The van der Waals surface area contributed by atoms with Gasteiger partial charge in [-0.05, 0) is 23.8 Å². The summed E-state index contributed by atoms with van der Waals surface area (Å²) in [5, 5.41) is 0. The Morgan fingerprint density at radius 1 is 1.22 bits per heavy atom. The highest BCUT2D eigenvalue weighted by atomic mass is 79.9. The molecule has 4 nitrogen and oxygen atoms in total. The van der Waals surface area contributed by atoms with Crippen LogP contribution in [0.3, 0.4) is 0 Å². The van der Waals surface area contributed by atoms with Crippen molar-refractivity contribution in [3.63, 3.8) is 0 Å². The zero-order valence-corrected chi connectivity index (χ0v) is 13.2. The summed E-state index contributed by atoms with van der Waals surface area (Å²) >= 11 is 3.53. The molecule has 0 unspecified atom stereocenters. The summed E-state index contributed by atoms with van der Waals surface area (Å²) in [7, 11) is 9.61. The molecule has 0 heterocycles. The van der Waals surface area contributed by atoms with E-state index in [1.807, 2.05) is 56.2 Å². The molecule has 0 aliphatic rings. The molecule has 0 fully saturated rings. The predicted molar refractivity (Wildman–Crippen MR) is 79.2 cm³/mol. The number of guanidine groups is 1. The highest BCUT2D eigenvalue weighted by Gasteiger charge is 2.06. The van der Waals surface area contributed by atoms with Crippen molar-refractivity contribution in [3.05, 3.63) is 28.2 Å². The number of aliphatic imine (C=N–C) groups is 1. The molecule has 0 N–H and O–H groups in total. The fraction of sp³-hybridized carbons (Fsp3) is 0.462. The first kappa shape index (κ1) is 14.8. The third kappa shape index (κ3) is 3.91. The SMILES string of the molecule is COc1ccc(Br)c(CN=C(N(C)C)N(C)C)c1. The van der Waals surface area contributed by atoms with E-state index in [1.165, 1.54) is 0 Å². The molecule has 0 aliphatic carbocycles. The third-order valence-electron chi connectivity index (χ3n) is 2.44. The predicted octanol–water partition coefficient (Wildman–Crippen LogP) is 2.44. The molecule has 0 aliphatic heterocycles. The molecule has 5 heteroatoms. The lowest BCUT2D eigenvalue weighted by atomic mass is 10.2. The summed E-state index contributed by atoms with van der Waals surface area (Å²) in [6.07, 6.45) is 0. The van der Waals surface area contributed by atoms with E-state index in [2.05, 4.69) is 20.9 Å². The minimum atomic E-state index is 0.615. The van der Waals surface area contributed by atoms with Crippen molar-refractivity contribution in [1.29, 1.82) is 0 Å². The zero-order valence-electron chi connectivity index (χ0n) is 11.6. The molecule has 0 saturated heterocycles. The molecule has 0 saturated carbocycles. The summed E-state index contributed by atoms with van der Waals surface area (Å²) in [5.74, 6) is 1.78. The smallest absolute Gasteiger partial charge is 0.195 e. The molecule has 0 amide bonds. The number of rotatable bonds is 3. The van der Waals surface area contributed by atoms with E-state index in [-0.39, 0.29) is 0 Å². The van der Waals surface area contributed by atoms with Gasteiger partial charge in [0.1, 0.15) is 5.75 Å². The Morgan fingerprint density at radius 3 is 2.33 bits per heavy atom. The molecule has 1 aromatic rings. The van der Waals surface area contributed by atoms with E-state index in [0.717, 1.165) is 21.7 Å². The van der Waals surface area contributed by atoms with Crippen molar-refractivity contribution in [1.82, 2.24) is 9.80 Å². The summed E-state index contributed by atoms with van der Waals surface area (Å²) in [4.78, 5) is 8.60. The van der Waals surface area contributed by atoms with E-state index in [1.54, 1.807) is 7.11 Å². The van der Waals surface area contributed by atoms with E-state index in [0.29, 0.717) is 6.54 Å². The Kier molecular flexibility index (Phi) is 5.47. The lowest BCUT2D eigenvalue weighted by molar-refractivity contribution is 0.414. The number of hydrogen-bond acceptors (Lipinski definition) is 2. The largest absolute Gasteiger partial charge is 0.497 e. The first-order valence-corrected chi connectivity index (χ1v) is 6.46. The van der Waals surface area contributed by atoms with Gasteiger partial charge >= 0.3 is 0 Å². The molecular weight excluding hydrogens is 294 g/mol. The maximum atomic E-state index is 5.22. The first-order valence-electron chi connectivity index (χ1n) is 5.67. The van der Waals surface area contributed by atoms with Crippen LogP contribution in [-0.2, 0) is 6.54 Å². The van der Waals surface area contributed by atoms with E-state index < -0.39 is 0 Å². The molecule has 1 rings (SSSR count).